The Hall–Kier alpha value is -1.88. The topological polar surface area (TPSA) is 43.9 Å². The number of hydrogen-bond donors (Lipinski definition) is 0. The largest absolute Gasteiger partial charge is 0.359 e. The molecule has 2 heterocycles. The molecule has 0 atom stereocenters. The third-order valence-corrected chi connectivity index (χ3v) is 3.42. The average Bonchev–Trinajstić information content (AvgIpc) is 3.02. The fourth-order valence-corrected chi connectivity index (χ4v) is 2.40. The molecule has 0 spiro atoms. The second-order valence-electron chi connectivity index (χ2n) is 4.62. The first-order chi connectivity index (χ1) is 9.69. The van der Waals surface area contributed by atoms with E-state index in [2.05, 4.69) is 10.1 Å². The predicted octanol–water partition coefficient (Wildman–Crippen LogP) is 3.30. The molecule has 104 valence electrons. The molecule has 3 rings (SSSR count). The number of aryl methyl sites for hydroxylation is 2. The van der Waals surface area contributed by atoms with Gasteiger partial charge >= 0.3 is 0 Å². The molecule has 0 radical (unpaired) electrons. The smallest absolute Gasteiger partial charge is 0.156 e. The maximum absolute atomic E-state index is 13.6. The number of halogens is 2. The van der Waals surface area contributed by atoms with Gasteiger partial charge in [0.25, 0.3) is 0 Å². The van der Waals surface area contributed by atoms with E-state index in [0.717, 1.165) is 17.1 Å². The molecule has 20 heavy (non-hydrogen) atoms. The van der Waals surface area contributed by atoms with Crippen LogP contribution in [0.5, 0.6) is 0 Å². The molecule has 0 amide bonds. The average molecular weight is 294 g/mol. The molecule has 3 aromatic rings. The van der Waals surface area contributed by atoms with Crippen molar-refractivity contribution in [3.8, 4) is 0 Å². The summed E-state index contributed by atoms with van der Waals surface area (Å²) in [6.45, 7) is 2.25. The first-order valence-corrected chi connectivity index (χ1v) is 6.83. The van der Waals surface area contributed by atoms with Gasteiger partial charge in [0, 0.05) is 24.4 Å². The molecule has 0 N–H and O–H groups in total. The summed E-state index contributed by atoms with van der Waals surface area (Å²) in [7, 11) is 0. The highest BCUT2D eigenvalue weighted by Crippen LogP contribution is 2.22. The molecular formula is C14H13ClFN3O. The zero-order chi connectivity index (χ0) is 14.1. The van der Waals surface area contributed by atoms with E-state index >= 15 is 0 Å². The number of alkyl halides is 1. The van der Waals surface area contributed by atoms with E-state index in [1.165, 1.54) is 6.07 Å². The molecule has 0 saturated carbocycles. The normalized spacial score (nSPS) is 11.3. The maximum atomic E-state index is 13.6. The molecule has 0 fully saturated rings. The minimum Gasteiger partial charge on any atom is -0.359 e. The van der Waals surface area contributed by atoms with Crippen molar-refractivity contribution in [1.29, 1.82) is 0 Å². The van der Waals surface area contributed by atoms with Gasteiger partial charge in [-0.1, -0.05) is 5.16 Å². The minimum atomic E-state index is -0.251. The first-order valence-electron chi connectivity index (χ1n) is 6.30. The molecule has 0 bridgehead atoms. The highest BCUT2D eigenvalue weighted by Gasteiger charge is 2.14. The summed E-state index contributed by atoms with van der Waals surface area (Å²) >= 11 is 5.82. The summed E-state index contributed by atoms with van der Waals surface area (Å²) in [6.07, 6.45) is 2.21. The summed E-state index contributed by atoms with van der Waals surface area (Å²) < 4.78 is 20.8. The van der Waals surface area contributed by atoms with E-state index in [0.29, 0.717) is 29.9 Å². The van der Waals surface area contributed by atoms with Gasteiger partial charge in [-0.05, 0) is 18.6 Å². The van der Waals surface area contributed by atoms with Crippen LogP contribution in [0.1, 0.15) is 17.1 Å². The van der Waals surface area contributed by atoms with Crippen molar-refractivity contribution in [3.63, 3.8) is 0 Å². The Morgan fingerprint density at radius 1 is 1.40 bits per heavy atom. The number of nitrogens with zero attached hydrogens (tertiary/aromatic N) is 3. The Morgan fingerprint density at radius 2 is 2.25 bits per heavy atom. The van der Waals surface area contributed by atoms with Gasteiger partial charge in [-0.2, -0.15) is 0 Å². The number of hydrogen-bond acceptors (Lipinski definition) is 3. The third-order valence-electron chi connectivity index (χ3n) is 3.23. The van der Waals surface area contributed by atoms with Crippen LogP contribution in [0.15, 0.2) is 28.9 Å². The Morgan fingerprint density at radius 3 is 2.95 bits per heavy atom. The number of fused-ring (bicyclic) bond motifs is 1. The molecule has 0 aliphatic carbocycles. The summed E-state index contributed by atoms with van der Waals surface area (Å²) in [5, 5.41) is 3.70. The monoisotopic (exact) mass is 293 g/mol. The van der Waals surface area contributed by atoms with Gasteiger partial charge in [-0.3, -0.25) is 0 Å². The SMILES string of the molecule is Cc1cc2c(cc1F)nc(CCCl)n2Cc1ccno1. The number of rotatable bonds is 4. The third kappa shape index (κ3) is 2.29. The van der Waals surface area contributed by atoms with E-state index in [9.17, 15) is 4.39 Å². The van der Waals surface area contributed by atoms with Crippen molar-refractivity contribution >= 4 is 22.6 Å². The minimum absolute atomic E-state index is 0.251. The molecule has 6 heteroatoms. The Labute approximate surface area is 120 Å². The Balaban J connectivity index is 2.15. The van der Waals surface area contributed by atoms with Crippen LogP contribution >= 0.6 is 11.6 Å². The van der Waals surface area contributed by atoms with Gasteiger partial charge < -0.3 is 9.09 Å². The summed E-state index contributed by atoms with van der Waals surface area (Å²) in [5.74, 6) is 1.75. The zero-order valence-corrected chi connectivity index (χ0v) is 11.7. The number of benzene rings is 1. The Bertz CT molecular complexity index is 737. The van der Waals surface area contributed by atoms with Crippen LogP contribution in [-0.4, -0.2) is 20.6 Å². The van der Waals surface area contributed by atoms with Gasteiger partial charge in [-0.25, -0.2) is 9.37 Å². The van der Waals surface area contributed by atoms with E-state index in [1.807, 2.05) is 4.57 Å². The van der Waals surface area contributed by atoms with Crippen molar-refractivity contribution in [2.24, 2.45) is 0 Å². The summed E-state index contributed by atoms with van der Waals surface area (Å²) in [5.41, 5.74) is 2.10. The van der Waals surface area contributed by atoms with Crippen LogP contribution in [0.4, 0.5) is 4.39 Å². The van der Waals surface area contributed by atoms with E-state index in [1.54, 1.807) is 25.3 Å². The molecule has 2 aromatic heterocycles. The quantitative estimate of drug-likeness (QED) is 0.693. The highest BCUT2D eigenvalue weighted by molar-refractivity contribution is 6.17. The summed E-state index contributed by atoms with van der Waals surface area (Å²) in [6, 6.07) is 5.05. The van der Waals surface area contributed by atoms with Gasteiger partial charge in [0.2, 0.25) is 0 Å². The fourth-order valence-electron chi connectivity index (χ4n) is 2.23. The van der Waals surface area contributed by atoms with Crippen LogP contribution in [0.25, 0.3) is 11.0 Å². The Kier molecular flexibility index (Phi) is 3.44. The first kappa shape index (κ1) is 13.1. The molecule has 0 unspecified atom stereocenters. The molecule has 1 aromatic carbocycles. The van der Waals surface area contributed by atoms with Crippen molar-refractivity contribution in [3.05, 3.63) is 47.4 Å². The van der Waals surface area contributed by atoms with Crippen LogP contribution in [0, 0.1) is 12.7 Å². The van der Waals surface area contributed by atoms with E-state index in [-0.39, 0.29) is 5.82 Å². The van der Waals surface area contributed by atoms with Crippen molar-refractivity contribution in [1.82, 2.24) is 14.7 Å². The standard InChI is InChI=1S/C14H13ClFN3O/c1-9-6-13-12(7-11(9)16)18-14(2-4-15)19(13)8-10-3-5-17-20-10/h3,5-7H,2,4,8H2,1H3. The molecule has 4 nitrogen and oxygen atoms in total. The van der Waals surface area contributed by atoms with Crippen molar-refractivity contribution in [2.45, 2.75) is 19.9 Å². The lowest BCUT2D eigenvalue weighted by Crippen LogP contribution is -2.05. The van der Waals surface area contributed by atoms with Gasteiger partial charge in [0.1, 0.15) is 11.6 Å². The van der Waals surface area contributed by atoms with Crippen molar-refractivity contribution in [2.75, 3.05) is 5.88 Å². The lowest BCUT2D eigenvalue weighted by molar-refractivity contribution is 0.376. The van der Waals surface area contributed by atoms with E-state index in [4.69, 9.17) is 16.1 Å². The van der Waals surface area contributed by atoms with Crippen molar-refractivity contribution < 1.29 is 8.91 Å². The van der Waals surface area contributed by atoms with Crippen LogP contribution < -0.4 is 0 Å². The lowest BCUT2D eigenvalue weighted by atomic mass is 10.2. The molecular weight excluding hydrogens is 281 g/mol. The number of imidazole rings is 1. The van der Waals surface area contributed by atoms with Gasteiger partial charge in [0.15, 0.2) is 5.76 Å². The number of aromatic nitrogens is 3. The van der Waals surface area contributed by atoms with Crippen LogP contribution in [-0.2, 0) is 13.0 Å². The maximum Gasteiger partial charge on any atom is 0.156 e. The molecule has 0 saturated heterocycles. The summed E-state index contributed by atoms with van der Waals surface area (Å²) in [4.78, 5) is 4.46. The second-order valence-corrected chi connectivity index (χ2v) is 5.00. The van der Waals surface area contributed by atoms with E-state index < -0.39 is 0 Å². The molecule has 0 aliphatic rings. The second kappa shape index (κ2) is 5.25. The molecule has 0 aliphatic heterocycles. The highest BCUT2D eigenvalue weighted by atomic mass is 35.5. The van der Waals surface area contributed by atoms with Crippen LogP contribution in [0.3, 0.4) is 0 Å². The fraction of sp³-hybridized carbons (Fsp3) is 0.286. The lowest BCUT2D eigenvalue weighted by Gasteiger charge is -2.06. The van der Waals surface area contributed by atoms with Crippen LogP contribution in [0.2, 0.25) is 0 Å². The van der Waals surface area contributed by atoms with Gasteiger partial charge in [0.05, 0.1) is 23.8 Å². The predicted molar refractivity (Wildman–Crippen MR) is 74.5 cm³/mol. The zero-order valence-electron chi connectivity index (χ0n) is 10.9. The van der Waals surface area contributed by atoms with Gasteiger partial charge in [-0.15, -0.1) is 11.6 Å².